The fraction of sp³-hybridized carbons (Fsp3) is 0.478. The predicted molar refractivity (Wildman–Crippen MR) is 115 cm³/mol. The van der Waals surface area contributed by atoms with Gasteiger partial charge in [-0.2, -0.15) is 0 Å². The highest BCUT2D eigenvalue weighted by atomic mass is 16.2. The number of amides is 2. The zero-order chi connectivity index (χ0) is 20.7. The number of carbonyl (C=O) groups is 2. The van der Waals surface area contributed by atoms with Crippen LogP contribution in [0.25, 0.3) is 10.8 Å². The van der Waals surface area contributed by atoms with Crippen molar-refractivity contribution in [3.05, 3.63) is 48.0 Å². The van der Waals surface area contributed by atoms with E-state index < -0.39 is 11.6 Å². The first-order valence-electron chi connectivity index (χ1n) is 10.1. The van der Waals surface area contributed by atoms with E-state index in [2.05, 4.69) is 10.6 Å². The maximum Gasteiger partial charge on any atom is 0.242 e. The van der Waals surface area contributed by atoms with E-state index in [1.807, 2.05) is 70.2 Å². The van der Waals surface area contributed by atoms with Gasteiger partial charge in [-0.3, -0.25) is 9.59 Å². The van der Waals surface area contributed by atoms with Crippen molar-refractivity contribution in [1.29, 1.82) is 0 Å². The molecule has 0 saturated heterocycles. The molecule has 0 saturated carbocycles. The maximum absolute atomic E-state index is 12.6. The number of nitrogens with one attached hydrogen (secondary N) is 2. The minimum Gasteiger partial charge on any atom is -0.352 e. The molecule has 0 bridgehead atoms. The van der Waals surface area contributed by atoms with Gasteiger partial charge in [0.05, 0.1) is 6.42 Å². The topological polar surface area (TPSA) is 84.2 Å². The largest absolute Gasteiger partial charge is 0.352 e. The summed E-state index contributed by atoms with van der Waals surface area (Å²) in [7, 11) is 0. The van der Waals surface area contributed by atoms with Crippen LogP contribution < -0.4 is 16.4 Å². The second kappa shape index (κ2) is 9.69. The summed E-state index contributed by atoms with van der Waals surface area (Å²) in [4.78, 5) is 25.2. The summed E-state index contributed by atoms with van der Waals surface area (Å²) in [5.41, 5.74) is 6.79. The molecule has 0 aliphatic heterocycles. The molecule has 0 radical (unpaired) electrons. The average Bonchev–Trinajstić information content (AvgIpc) is 2.69. The van der Waals surface area contributed by atoms with Gasteiger partial charge in [0.1, 0.15) is 6.04 Å². The summed E-state index contributed by atoms with van der Waals surface area (Å²) in [5, 5.41) is 8.06. The van der Waals surface area contributed by atoms with Crippen molar-refractivity contribution in [2.75, 3.05) is 6.54 Å². The van der Waals surface area contributed by atoms with Gasteiger partial charge in [-0.05, 0) is 35.1 Å². The van der Waals surface area contributed by atoms with Crippen molar-refractivity contribution in [3.8, 4) is 0 Å². The smallest absolute Gasteiger partial charge is 0.242 e. The Morgan fingerprint density at radius 3 is 2.29 bits per heavy atom. The van der Waals surface area contributed by atoms with Crippen LogP contribution in [0.15, 0.2) is 42.5 Å². The van der Waals surface area contributed by atoms with Crippen molar-refractivity contribution in [2.24, 2.45) is 11.7 Å². The van der Waals surface area contributed by atoms with Gasteiger partial charge in [0.2, 0.25) is 11.8 Å². The van der Waals surface area contributed by atoms with Gasteiger partial charge >= 0.3 is 0 Å². The molecule has 1 atom stereocenters. The molecule has 2 aromatic carbocycles. The van der Waals surface area contributed by atoms with E-state index >= 15 is 0 Å². The molecule has 0 heterocycles. The predicted octanol–water partition coefficient (Wildman–Crippen LogP) is 3.16. The molecule has 0 spiro atoms. The van der Waals surface area contributed by atoms with E-state index in [9.17, 15) is 9.59 Å². The third-order valence-electron chi connectivity index (χ3n) is 5.47. The number of carbonyl (C=O) groups excluding carboxylic acids is 2. The van der Waals surface area contributed by atoms with E-state index in [4.69, 9.17) is 5.73 Å². The fourth-order valence-electron chi connectivity index (χ4n) is 3.17. The minimum atomic E-state index is -0.578. The molecule has 4 N–H and O–H groups in total. The number of benzene rings is 2. The summed E-state index contributed by atoms with van der Waals surface area (Å²) in [6.07, 6.45) is 1.81. The molecular weight excluding hydrogens is 350 g/mol. The number of hydrogen-bond acceptors (Lipinski definition) is 3. The monoisotopic (exact) mass is 383 g/mol. The van der Waals surface area contributed by atoms with Gasteiger partial charge in [-0.1, -0.05) is 70.2 Å². The lowest BCUT2D eigenvalue weighted by molar-refractivity contribution is -0.129. The molecule has 0 fully saturated rings. The summed E-state index contributed by atoms with van der Waals surface area (Å²) >= 11 is 0. The first-order chi connectivity index (χ1) is 13.3. The molecule has 0 aromatic heterocycles. The standard InChI is InChI=1S/C23H33N3O2/c1-5-23(24,6-2)15-25-22(28)21(16(3)4)26-20(27)14-17-11-12-18-9-7-8-10-19(18)13-17/h7-13,16,21H,5-6,14-15,24H2,1-4H3,(H,25,28)(H,26,27). The zero-order valence-corrected chi connectivity index (χ0v) is 17.4. The average molecular weight is 384 g/mol. The van der Waals surface area contributed by atoms with Crippen LogP contribution in [0.3, 0.4) is 0 Å². The Hall–Kier alpha value is -2.40. The third-order valence-corrected chi connectivity index (χ3v) is 5.47. The number of nitrogens with two attached hydrogens (primary N) is 1. The molecule has 152 valence electrons. The SMILES string of the molecule is CCC(N)(CC)CNC(=O)C(NC(=O)Cc1ccc2ccccc2c1)C(C)C. The second-order valence-corrected chi connectivity index (χ2v) is 7.93. The van der Waals surface area contributed by atoms with Crippen LogP contribution in [0.4, 0.5) is 0 Å². The molecule has 2 aromatic rings. The normalized spacial score (nSPS) is 12.8. The third kappa shape index (κ3) is 5.80. The molecule has 28 heavy (non-hydrogen) atoms. The molecule has 0 aliphatic rings. The number of fused-ring (bicyclic) bond motifs is 1. The van der Waals surface area contributed by atoms with Gasteiger partial charge in [0.15, 0.2) is 0 Å². The van der Waals surface area contributed by atoms with E-state index in [1.54, 1.807) is 0 Å². The second-order valence-electron chi connectivity index (χ2n) is 7.93. The van der Waals surface area contributed by atoms with Crippen LogP contribution in [0.1, 0.15) is 46.1 Å². The van der Waals surface area contributed by atoms with E-state index in [1.165, 1.54) is 0 Å². The zero-order valence-electron chi connectivity index (χ0n) is 17.4. The Kier molecular flexibility index (Phi) is 7.58. The Morgan fingerprint density at radius 1 is 1.04 bits per heavy atom. The molecular formula is C23H33N3O2. The van der Waals surface area contributed by atoms with Crippen molar-refractivity contribution < 1.29 is 9.59 Å². The van der Waals surface area contributed by atoms with Crippen LogP contribution in [0.5, 0.6) is 0 Å². The van der Waals surface area contributed by atoms with Crippen LogP contribution in [0, 0.1) is 5.92 Å². The van der Waals surface area contributed by atoms with Gasteiger partial charge < -0.3 is 16.4 Å². The van der Waals surface area contributed by atoms with Crippen LogP contribution in [-0.2, 0) is 16.0 Å². The highest BCUT2D eigenvalue weighted by Gasteiger charge is 2.27. The molecule has 0 aliphatic carbocycles. The highest BCUT2D eigenvalue weighted by Crippen LogP contribution is 2.16. The molecule has 1 unspecified atom stereocenters. The lowest BCUT2D eigenvalue weighted by Gasteiger charge is -2.29. The van der Waals surface area contributed by atoms with E-state index in [0.717, 1.165) is 29.2 Å². The summed E-state index contributed by atoms with van der Waals surface area (Å²) in [5.74, 6) is -0.358. The van der Waals surface area contributed by atoms with Crippen LogP contribution in [-0.4, -0.2) is 29.9 Å². The van der Waals surface area contributed by atoms with Crippen molar-refractivity contribution in [1.82, 2.24) is 10.6 Å². The first kappa shape index (κ1) is 21.9. The Bertz CT molecular complexity index is 812. The van der Waals surface area contributed by atoms with Crippen molar-refractivity contribution in [3.63, 3.8) is 0 Å². The van der Waals surface area contributed by atoms with Crippen molar-refractivity contribution in [2.45, 2.75) is 58.5 Å². The fourth-order valence-corrected chi connectivity index (χ4v) is 3.17. The van der Waals surface area contributed by atoms with Gasteiger partial charge in [0, 0.05) is 12.1 Å². The van der Waals surface area contributed by atoms with Crippen molar-refractivity contribution >= 4 is 22.6 Å². The summed E-state index contributed by atoms with van der Waals surface area (Å²) in [6, 6.07) is 13.5. The molecule has 2 amide bonds. The van der Waals surface area contributed by atoms with Gasteiger partial charge in [0.25, 0.3) is 0 Å². The lowest BCUT2D eigenvalue weighted by Crippen LogP contribution is -2.55. The molecule has 2 rings (SSSR count). The Labute approximate surface area is 168 Å². The van der Waals surface area contributed by atoms with E-state index in [-0.39, 0.29) is 24.2 Å². The van der Waals surface area contributed by atoms with Crippen LogP contribution >= 0.6 is 0 Å². The number of rotatable bonds is 9. The highest BCUT2D eigenvalue weighted by molar-refractivity contribution is 5.89. The molecule has 5 heteroatoms. The first-order valence-corrected chi connectivity index (χ1v) is 10.1. The van der Waals surface area contributed by atoms with Crippen LogP contribution in [0.2, 0.25) is 0 Å². The maximum atomic E-state index is 12.6. The Morgan fingerprint density at radius 2 is 1.68 bits per heavy atom. The quantitative estimate of drug-likeness (QED) is 0.622. The minimum absolute atomic E-state index is 0.0176. The summed E-state index contributed by atoms with van der Waals surface area (Å²) in [6.45, 7) is 8.29. The van der Waals surface area contributed by atoms with Gasteiger partial charge in [-0.15, -0.1) is 0 Å². The Balaban J connectivity index is 2.00. The number of hydrogen-bond donors (Lipinski definition) is 3. The lowest BCUT2D eigenvalue weighted by atomic mass is 9.94. The van der Waals surface area contributed by atoms with E-state index in [0.29, 0.717) is 6.54 Å². The van der Waals surface area contributed by atoms with Gasteiger partial charge in [-0.25, -0.2) is 0 Å². The summed E-state index contributed by atoms with van der Waals surface area (Å²) < 4.78 is 0. The molecule has 5 nitrogen and oxygen atoms in total.